The van der Waals surface area contributed by atoms with Crippen LogP contribution in [0.4, 0.5) is 5.13 Å². The first-order chi connectivity index (χ1) is 17.0. The monoisotopic (exact) mass is 491 g/mol. The van der Waals surface area contributed by atoms with Crippen LogP contribution in [0.3, 0.4) is 0 Å². The number of likely N-dealkylation sites (N-methyl/N-ethyl adjacent to an activating group) is 1. The summed E-state index contributed by atoms with van der Waals surface area (Å²) in [5.74, 6) is 1.21. The minimum absolute atomic E-state index is 0.104. The van der Waals surface area contributed by atoms with Crippen molar-refractivity contribution in [1.29, 1.82) is 0 Å². The molecule has 4 aromatic rings. The highest BCUT2D eigenvalue weighted by atomic mass is 32.1. The Kier molecular flexibility index (Phi) is 7.88. The zero-order valence-electron chi connectivity index (χ0n) is 21.1. The third kappa shape index (κ3) is 4.97. The molecule has 0 bridgehead atoms. The molecule has 1 amide bonds. The van der Waals surface area contributed by atoms with Crippen molar-refractivity contribution in [2.75, 3.05) is 44.8 Å². The zero-order chi connectivity index (χ0) is 24.9. The molecule has 0 radical (unpaired) electrons. The number of aryl methyl sites for hydroxylation is 1. The summed E-state index contributed by atoms with van der Waals surface area (Å²) < 4.78 is 12.5. The Balaban J connectivity index is 1.87. The number of aromatic nitrogens is 1. The van der Waals surface area contributed by atoms with Gasteiger partial charge in [-0.25, -0.2) is 4.98 Å². The number of anilines is 1. The van der Waals surface area contributed by atoms with Crippen LogP contribution in [-0.2, 0) is 0 Å². The second-order valence-electron chi connectivity index (χ2n) is 8.34. The summed E-state index contributed by atoms with van der Waals surface area (Å²) in [5.41, 5.74) is 2.48. The van der Waals surface area contributed by atoms with Crippen molar-refractivity contribution >= 4 is 43.4 Å². The van der Waals surface area contributed by atoms with E-state index in [1.54, 1.807) is 7.11 Å². The quantitative estimate of drug-likeness (QED) is 0.266. The van der Waals surface area contributed by atoms with E-state index in [-0.39, 0.29) is 5.91 Å². The number of hydrogen-bond acceptors (Lipinski definition) is 6. The van der Waals surface area contributed by atoms with Crippen LogP contribution >= 0.6 is 11.3 Å². The SMILES string of the molecule is CCOc1ccc2ccccc2c1C(=O)N(CCN(CC)CC)c1nc2c(OC)ccc(C)c2s1. The van der Waals surface area contributed by atoms with Crippen molar-refractivity contribution in [2.24, 2.45) is 0 Å². The van der Waals surface area contributed by atoms with Crippen molar-refractivity contribution in [2.45, 2.75) is 27.7 Å². The Labute approximate surface area is 211 Å². The predicted molar refractivity (Wildman–Crippen MR) is 145 cm³/mol. The van der Waals surface area contributed by atoms with Crippen LogP contribution in [-0.4, -0.2) is 55.7 Å². The predicted octanol–water partition coefficient (Wildman–Crippen LogP) is 6.15. The van der Waals surface area contributed by atoms with Crippen LogP contribution in [0, 0.1) is 6.92 Å². The Morgan fingerprint density at radius 2 is 1.71 bits per heavy atom. The maximum absolute atomic E-state index is 14.3. The van der Waals surface area contributed by atoms with E-state index in [2.05, 4.69) is 25.7 Å². The smallest absolute Gasteiger partial charge is 0.264 e. The molecule has 0 saturated carbocycles. The molecule has 7 heteroatoms. The number of hydrogen-bond donors (Lipinski definition) is 0. The largest absolute Gasteiger partial charge is 0.494 e. The molecule has 35 heavy (non-hydrogen) atoms. The molecule has 0 atom stereocenters. The van der Waals surface area contributed by atoms with Crippen molar-refractivity contribution < 1.29 is 14.3 Å². The Bertz CT molecular complexity index is 1330. The number of rotatable bonds is 10. The van der Waals surface area contributed by atoms with E-state index < -0.39 is 0 Å². The molecule has 184 valence electrons. The molecule has 0 N–H and O–H groups in total. The van der Waals surface area contributed by atoms with Crippen LogP contribution in [0.25, 0.3) is 21.0 Å². The molecule has 0 fully saturated rings. The van der Waals surface area contributed by atoms with E-state index in [9.17, 15) is 4.79 Å². The normalized spacial score (nSPS) is 11.4. The van der Waals surface area contributed by atoms with Gasteiger partial charge in [-0.2, -0.15) is 0 Å². The van der Waals surface area contributed by atoms with Crippen LogP contribution in [0.15, 0.2) is 48.5 Å². The molecule has 0 unspecified atom stereocenters. The molecule has 0 aliphatic carbocycles. The standard InChI is InChI=1S/C28H33N3O3S/c1-6-30(7-2)17-18-31(28-29-25-23(33-5)15-13-19(4)26(25)35-28)27(32)24-21-12-10-9-11-20(21)14-16-22(24)34-8-3/h9-16H,6-8,17-18H2,1-5H3. The molecular weight excluding hydrogens is 458 g/mol. The lowest BCUT2D eigenvalue weighted by atomic mass is 10.0. The van der Waals surface area contributed by atoms with Gasteiger partial charge in [-0.15, -0.1) is 0 Å². The number of methoxy groups -OCH3 is 1. The van der Waals surface area contributed by atoms with Gasteiger partial charge >= 0.3 is 0 Å². The molecule has 1 aromatic heterocycles. The number of nitrogens with zero attached hydrogens (tertiary/aromatic N) is 3. The second-order valence-corrected chi connectivity index (χ2v) is 9.31. The number of ether oxygens (including phenoxy) is 2. The topological polar surface area (TPSA) is 54.9 Å². The highest BCUT2D eigenvalue weighted by Crippen LogP contribution is 2.38. The first-order valence-corrected chi connectivity index (χ1v) is 13.0. The Morgan fingerprint density at radius 1 is 0.971 bits per heavy atom. The lowest BCUT2D eigenvalue weighted by Crippen LogP contribution is -2.39. The average Bonchev–Trinajstić information content (AvgIpc) is 3.33. The van der Waals surface area contributed by atoms with Gasteiger partial charge in [-0.1, -0.05) is 61.6 Å². The molecular formula is C28H33N3O3S. The zero-order valence-corrected chi connectivity index (χ0v) is 21.9. The fraction of sp³-hybridized carbons (Fsp3) is 0.357. The van der Waals surface area contributed by atoms with Gasteiger partial charge in [-0.05, 0) is 55.4 Å². The lowest BCUT2D eigenvalue weighted by molar-refractivity contribution is 0.0982. The number of amides is 1. The van der Waals surface area contributed by atoms with Gasteiger partial charge in [0, 0.05) is 13.1 Å². The minimum atomic E-state index is -0.104. The fourth-order valence-corrected chi connectivity index (χ4v) is 5.40. The van der Waals surface area contributed by atoms with E-state index in [4.69, 9.17) is 14.5 Å². The fourth-order valence-electron chi connectivity index (χ4n) is 4.33. The van der Waals surface area contributed by atoms with Gasteiger partial charge < -0.3 is 14.4 Å². The molecule has 6 nitrogen and oxygen atoms in total. The van der Waals surface area contributed by atoms with E-state index in [1.807, 2.05) is 60.4 Å². The Morgan fingerprint density at radius 3 is 2.43 bits per heavy atom. The molecule has 0 aliphatic rings. The number of carbonyl (C=O) groups is 1. The van der Waals surface area contributed by atoms with Crippen LogP contribution in [0.1, 0.15) is 36.7 Å². The van der Waals surface area contributed by atoms with Gasteiger partial charge in [-0.3, -0.25) is 9.69 Å². The summed E-state index contributed by atoms with van der Waals surface area (Å²) in [6, 6.07) is 15.8. The van der Waals surface area contributed by atoms with Crippen molar-refractivity contribution in [1.82, 2.24) is 9.88 Å². The highest BCUT2D eigenvalue weighted by molar-refractivity contribution is 7.22. The van der Waals surface area contributed by atoms with Crippen LogP contribution < -0.4 is 14.4 Å². The summed E-state index contributed by atoms with van der Waals surface area (Å²) in [5, 5.41) is 2.55. The Hall–Kier alpha value is -3.16. The third-order valence-corrected chi connectivity index (χ3v) is 7.54. The molecule has 0 saturated heterocycles. The second kappa shape index (κ2) is 11.1. The average molecular weight is 492 g/mol. The van der Waals surface area contributed by atoms with Gasteiger partial charge in [0.1, 0.15) is 17.0 Å². The third-order valence-electron chi connectivity index (χ3n) is 6.33. The maximum Gasteiger partial charge on any atom is 0.264 e. The maximum atomic E-state index is 14.3. The molecule has 0 spiro atoms. The summed E-state index contributed by atoms with van der Waals surface area (Å²) in [6.45, 7) is 11.9. The van der Waals surface area contributed by atoms with Crippen LogP contribution in [0.2, 0.25) is 0 Å². The highest BCUT2D eigenvalue weighted by Gasteiger charge is 2.27. The summed E-state index contributed by atoms with van der Waals surface area (Å²) >= 11 is 1.53. The van der Waals surface area contributed by atoms with Gasteiger partial charge in [0.05, 0.1) is 24.0 Å². The first-order valence-electron chi connectivity index (χ1n) is 12.1. The molecule has 3 aromatic carbocycles. The number of thiazole rings is 1. The number of fused-ring (bicyclic) bond motifs is 2. The first kappa shape index (κ1) is 24.9. The number of benzene rings is 3. The minimum Gasteiger partial charge on any atom is -0.494 e. The summed E-state index contributed by atoms with van der Waals surface area (Å²) in [7, 11) is 1.65. The van der Waals surface area contributed by atoms with E-state index in [0.717, 1.165) is 46.2 Å². The molecule has 0 aliphatic heterocycles. The molecule has 1 heterocycles. The summed E-state index contributed by atoms with van der Waals surface area (Å²) in [4.78, 5) is 23.4. The van der Waals surface area contributed by atoms with Gasteiger partial charge in [0.15, 0.2) is 5.13 Å². The summed E-state index contributed by atoms with van der Waals surface area (Å²) in [6.07, 6.45) is 0. The molecule has 4 rings (SSSR count). The van der Waals surface area contributed by atoms with Crippen molar-refractivity contribution in [3.8, 4) is 11.5 Å². The van der Waals surface area contributed by atoms with Crippen LogP contribution in [0.5, 0.6) is 11.5 Å². The van der Waals surface area contributed by atoms with Gasteiger partial charge in [0.25, 0.3) is 5.91 Å². The number of carbonyl (C=O) groups excluding carboxylic acids is 1. The van der Waals surface area contributed by atoms with E-state index >= 15 is 0 Å². The lowest BCUT2D eigenvalue weighted by Gasteiger charge is -2.26. The van der Waals surface area contributed by atoms with E-state index in [0.29, 0.717) is 35.3 Å². The van der Waals surface area contributed by atoms with Crippen molar-refractivity contribution in [3.05, 3.63) is 59.7 Å². The van der Waals surface area contributed by atoms with Gasteiger partial charge in [0.2, 0.25) is 0 Å². The van der Waals surface area contributed by atoms with E-state index in [1.165, 1.54) is 11.3 Å². The van der Waals surface area contributed by atoms with Crippen molar-refractivity contribution in [3.63, 3.8) is 0 Å².